The predicted octanol–water partition coefficient (Wildman–Crippen LogP) is -0.731. The maximum atomic E-state index is 11.9. The van der Waals surface area contributed by atoms with Crippen molar-refractivity contribution in [1.29, 1.82) is 0 Å². The summed E-state index contributed by atoms with van der Waals surface area (Å²) in [7, 11) is 3.16. The molecule has 0 bridgehead atoms. The number of carbonyl (C=O) groups is 2. The molecule has 3 unspecified atom stereocenters. The zero-order chi connectivity index (χ0) is 14.4. The molecule has 3 atom stereocenters. The Morgan fingerprint density at radius 1 is 1.53 bits per heavy atom. The number of hydrogen-bond donors (Lipinski definition) is 3. The molecule has 1 fully saturated rings. The first-order valence-electron chi connectivity index (χ1n) is 6.54. The second kappa shape index (κ2) is 7.42. The monoisotopic (exact) mass is 272 g/mol. The van der Waals surface area contributed by atoms with Crippen LogP contribution >= 0.6 is 0 Å². The van der Waals surface area contributed by atoms with Crippen LogP contribution in [0.3, 0.4) is 0 Å². The summed E-state index contributed by atoms with van der Waals surface area (Å²) in [6, 6.07) is -0.777. The number of ether oxygens (including phenoxy) is 1. The Balaban J connectivity index is 2.62. The number of nitrogens with two attached hydrogens (primary N) is 1. The summed E-state index contributed by atoms with van der Waals surface area (Å²) in [5.41, 5.74) is 5.77. The van der Waals surface area contributed by atoms with Crippen LogP contribution in [0.15, 0.2) is 0 Å². The van der Waals surface area contributed by atoms with Crippen molar-refractivity contribution in [3.05, 3.63) is 0 Å². The van der Waals surface area contributed by atoms with E-state index in [1.807, 2.05) is 4.90 Å². The molecule has 19 heavy (non-hydrogen) atoms. The van der Waals surface area contributed by atoms with Crippen molar-refractivity contribution in [3.8, 4) is 0 Å². The smallest absolute Gasteiger partial charge is 0.321 e. The zero-order valence-corrected chi connectivity index (χ0v) is 11.8. The van der Waals surface area contributed by atoms with Gasteiger partial charge in [-0.25, -0.2) is 4.79 Å². The van der Waals surface area contributed by atoms with Gasteiger partial charge in [0, 0.05) is 33.3 Å². The zero-order valence-electron chi connectivity index (χ0n) is 11.8. The molecule has 0 aromatic rings. The van der Waals surface area contributed by atoms with E-state index in [1.54, 1.807) is 14.0 Å². The van der Waals surface area contributed by atoms with Gasteiger partial charge in [0.15, 0.2) is 0 Å². The predicted molar refractivity (Wildman–Crippen MR) is 71.6 cm³/mol. The minimum absolute atomic E-state index is 0.101. The lowest BCUT2D eigenvalue weighted by atomic mass is 9.97. The Hall–Kier alpha value is -1.18. The van der Waals surface area contributed by atoms with Crippen LogP contribution in [0.25, 0.3) is 0 Å². The average molecular weight is 272 g/mol. The molecule has 3 amide bonds. The van der Waals surface area contributed by atoms with E-state index < -0.39 is 6.03 Å². The third-order valence-electron chi connectivity index (χ3n) is 3.66. The van der Waals surface area contributed by atoms with E-state index in [2.05, 4.69) is 10.6 Å². The lowest BCUT2D eigenvalue weighted by molar-refractivity contribution is -0.127. The molecular weight excluding hydrogens is 248 g/mol. The van der Waals surface area contributed by atoms with Crippen molar-refractivity contribution in [3.63, 3.8) is 0 Å². The van der Waals surface area contributed by atoms with Crippen molar-refractivity contribution in [2.75, 3.05) is 27.2 Å². The molecule has 0 aromatic carbocycles. The second-order valence-electron chi connectivity index (χ2n) is 4.75. The first kappa shape index (κ1) is 15.9. The topological polar surface area (TPSA) is 96.7 Å². The van der Waals surface area contributed by atoms with Gasteiger partial charge in [-0.1, -0.05) is 0 Å². The maximum absolute atomic E-state index is 11.9. The van der Waals surface area contributed by atoms with E-state index in [0.29, 0.717) is 6.54 Å². The molecule has 1 saturated heterocycles. The molecule has 7 nitrogen and oxygen atoms in total. The Morgan fingerprint density at radius 2 is 2.21 bits per heavy atom. The first-order valence-corrected chi connectivity index (χ1v) is 6.54. The van der Waals surface area contributed by atoms with Crippen LogP contribution < -0.4 is 16.4 Å². The van der Waals surface area contributed by atoms with Crippen molar-refractivity contribution >= 4 is 11.9 Å². The van der Waals surface area contributed by atoms with Gasteiger partial charge in [0.1, 0.15) is 0 Å². The fourth-order valence-corrected chi connectivity index (χ4v) is 2.42. The number of nitrogens with one attached hydrogen (secondary N) is 2. The molecule has 0 spiro atoms. The number of imide groups is 1. The van der Waals surface area contributed by atoms with Crippen LogP contribution in [0.2, 0.25) is 0 Å². The van der Waals surface area contributed by atoms with Gasteiger partial charge in [-0.3, -0.25) is 15.0 Å². The molecule has 0 saturated carbocycles. The standard InChI is InChI=1S/C12H24N4O3/c1-8(11(17)15-12(18)14-2)16-5-4-10(19-3)6-9(16)7-13/h8-10H,4-7,13H2,1-3H3,(H2,14,15,17,18). The first-order chi connectivity index (χ1) is 9.03. The lowest BCUT2D eigenvalue weighted by Gasteiger charge is -2.41. The van der Waals surface area contributed by atoms with Crippen LogP contribution in [0.5, 0.6) is 0 Å². The van der Waals surface area contributed by atoms with Gasteiger partial charge in [-0.15, -0.1) is 0 Å². The lowest BCUT2D eigenvalue weighted by Crippen LogP contribution is -2.57. The number of hydrogen-bond acceptors (Lipinski definition) is 5. The van der Waals surface area contributed by atoms with E-state index in [0.717, 1.165) is 19.4 Å². The van der Waals surface area contributed by atoms with Gasteiger partial charge in [0.05, 0.1) is 12.1 Å². The number of amides is 3. The molecule has 1 rings (SSSR count). The number of nitrogens with zero attached hydrogens (tertiary/aromatic N) is 1. The number of carbonyl (C=O) groups excluding carboxylic acids is 2. The number of urea groups is 1. The van der Waals surface area contributed by atoms with Crippen molar-refractivity contribution < 1.29 is 14.3 Å². The normalized spacial score (nSPS) is 25.7. The highest BCUT2D eigenvalue weighted by molar-refractivity contribution is 5.96. The van der Waals surface area contributed by atoms with Crippen molar-refractivity contribution in [2.24, 2.45) is 5.73 Å². The van der Waals surface area contributed by atoms with Crippen LogP contribution in [-0.4, -0.2) is 62.3 Å². The minimum atomic E-state index is -0.493. The molecule has 0 radical (unpaired) electrons. The van der Waals surface area contributed by atoms with Gasteiger partial charge in [-0.05, 0) is 19.8 Å². The van der Waals surface area contributed by atoms with E-state index in [9.17, 15) is 9.59 Å². The Kier molecular flexibility index (Phi) is 6.20. The third-order valence-corrected chi connectivity index (χ3v) is 3.66. The molecule has 110 valence electrons. The van der Waals surface area contributed by atoms with E-state index in [4.69, 9.17) is 10.5 Å². The Labute approximate surface area is 113 Å². The molecule has 1 heterocycles. The number of likely N-dealkylation sites (tertiary alicyclic amines) is 1. The largest absolute Gasteiger partial charge is 0.381 e. The van der Waals surface area contributed by atoms with Gasteiger partial charge in [0.25, 0.3) is 0 Å². The summed E-state index contributed by atoms with van der Waals surface area (Å²) in [5.74, 6) is -0.311. The second-order valence-corrected chi connectivity index (χ2v) is 4.75. The molecule has 0 aromatic heterocycles. The Bertz CT molecular complexity index is 324. The SMILES string of the molecule is CNC(=O)NC(=O)C(C)N1CCC(OC)CC1CN. The van der Waals surface area contributed by atoms with E-state index in [-0.39, 0.29) is 24.1 Å². The Morgan fingerprint density at radius 3 is 2.74 bits per heavy atom. The van der Waals surface area contributed by atoms with Crippen LogP contribution in [0.4, 0.5) is 4.79 Å². The fourth-order valence-electron chi connectivity index (χ4n) is 2.42. The summed E-state index contributed by atoms with van der Waals surface area (Å²) in [6.45, 7) is 2.99. The van der Waals surface area contributed by atoms with Crippen LogP contribution in [-0.2, 0) is 9.53 Å². The maximum Gasteiger partial charge on any atom is 0.321 e. The van der Waals surface area contributed by atoms with Gasteiger partial charge < -0.3 is 15.8 Å². The summed E-state index contributed by atoms with van der Waals surface area (Å²) in [6.07, 6.45) is 1.87. The highest BCUT2D eigenvalue weighted by Gasteiger charge is 2.33. The highest BCUT2D eigenvalue weighted by atomic mass is 16.5. The summed E-state index contributed by atoms with van der Waals surface area (Å²) in [5, 5.41) is 4.65. The summed E-state index contributed by atoms with van der Waals surface area (Å²) >= 11 is 0. The molecule has 1 aliphatic heterocycles. The molecular formula is C12H24N4O3. The molecule has 0 aliphatic carbocycles. The molecule has 4 N–H and O–H groups in total. The summed E-state index contributed by atoms with van der Waals surface area (Å²) in [4.78, 5) is 25.1. The average Bonchev–Trinajstić information content (AvgIpc) is 2.45. The molecule has 7 heteroatoms. The van der Waals surface area contributed by atoms with Crippen molar-refractivity contribution in [1.82, 2.24) is 15.5 Å². The number of rotatable bonds is 4. The third kappa shape index (κ3) is 4.15. The fraction of sp³-hybridized carbons (Fsp3) is 0.833. The van der Waals surface area contributed by atoms with E-state index in [1.165, 1.54) is 7.05 Å². The van der Waals surface area contributed by atoms with Crippen molar-refractivity contribution in [2.45, 2.75) is 38.0 Å². The number of methoxy groups -OCH3 is 1. The highest BCUT2D eigenvalue weighted by Crippen LogP contribution is 2.21. The quantitative estimate of drug-likeness (QED) is 0.627. The van der Waals surface area contributed by atoms with Crippen LogP contribution in [0, 0.1) is 0 Å². The van der Waals surface area contributed by atoms with Gasteiger partial charge in [-0.2, -0.15) is 0 Å². The van der Waals surface area contributed by atoms with Crippen LogP contribution in [0.1, 0.15) is 19.8 Å². The summed E-state index contributed by atoms with van der Waals surface area (Å²) < 4.78 is 5.35. The minimum Gasteiger partial charge on any atom is -0.381 e. The van der Waals surface area contributed by atoms with E-state index >= 15 is 0 Å². The molecule has 1 aliphatic rings. The van der Waals surface area contributed by atoms with Gasteiger partial charge >= 0.3 is 6.03 Å². The number of piperidine rings is 1. The van der Waals surface area contributed by atoms with Gasteiger partial charge in [0.2, 0.25) is 5.91 Å².